The SMILES string of the molecule is CC(=O)/C=C/CN(C)S(=O)(=O)c1ccccc1Br. The van der Waals surface area contributed by atoms with E-state index in [1.807, 2.05) is 0 Å². The highest BCUT2D eigenvalue weighted by atomic mass is 79.9. The number of halogens is 1. The topological polar surface area (TPSA) is 54.5 Å². The van der Waals surface area contributed by atoms with Crippen LogP contribution in [0.1, 0.15) is 6.92 Å². The Balaban J connectivity index is 2.94. The zero-order chi connectivity index (χ0) is 13.8. The van der Waals surface area contributed by atoms with Gasteiger partial charge in [-0.15, -0.1) is 0 Å². The summed E-state index contributed by atoms with van der Waals surface area (Å²) in [4.78, 5) is 10.9. The molecule has 0 saturated carbocycles. The maximum absolute atomic E-state index is 12.2. The first kappa shape index (κ1) is 15.1. The Bertz CT molecular complexity index is 566. The van der Waals surface area contributed by atoms with Crippen LogP contribution < -0.4 is 0 Å². The molecule has 1 aromatic carbocycles. The number of rotatable bonds is 5. The number of nitrogens with zero attached hydrogens (tertiary/aromatic N) is 1. The molecule has 0 bridgehead atoms. The monoisotopic (exact) mass is 331 g/mol. The van der Waals surface area contributed by atoms with Gasteiger partial charge in [-0.2, -0.15) is 4.31 Å². The van der Waals surface area contributed by atoms with Gasteiger partial charge in [-0.1, -0.05) is 18.2 Å². The van der Waals surface area contributed by atoms with Gasteiger partial charge in [-0.25, -0.2) is 8.42 Å². The minimum atomic E-state index is -3.54. The molecule has 98 valence electrons. The molecule has 0 saturated heterocycles. The van der Waals surface area contributed by atoms with Crippen LogP contribution >= 0.6 is 15.9 Å². The summed E-state index contributed by atoms with van der Waals surface area (Å²) in [6.45, 7) is 1.57. The van der Waals surface area contributed by atoms with Crippen molar-refractivity contribution in [2.24, 2.45) is 0 Å². The van der Waals surface area contributed by atoms with Crippen LogP contribution in [0.5, 0.6) is 0 Å². The average molecular weight is 332 g/mol. The molecular formula is C12H14BrNO3S. The van der Waals surface area contributed by atoms with E-state index in [9.17, 15) is 13.2 Å². The molecule has 0 heterocycles. The van der Waals surface area contributed by atoms with E-state index in [-0.39, 0.29) is 17.2 Å². The zero-order valence-corrected chi connectivity index (χ0v) is 12.5. The predicted molar refractivity (Wildman–Crippen MR) is 73.8 cm³/mol. The second kappa shape index (κ2) is 6.26. The molecular weight excluding hydrogens is 318 g/mol. The third kappa shape index (κ3) is 3.76. The molecule has 4 nitrogen and oxygen atoms in total. The highest BCUT2D eigenvalue weighted by Crippen LogP contribution is 2.23. The van der Waals surface area contributed by atoms with Crippen molar-refractivity contribution in [2.75, 3.05) is 13.6 Å². The largest absolute Gasteiger partial charge is 0.295 e. The van der Waals surface area contributed by atoms with Crippen molar-refractivity contribution in [1.29, 1.82) is 0 Å². The number of allylic oxidation sites excluding steroid dienone is 1. The fraction of sp³-hybridized carbons (Fsp3) is 0.250. The summed E-state index contributed by atoms with van der Waals surface area (Å²) < 4.78 is 26.1. The van der Waals surface area contributed by atoms with Gasteiger partial charge in [0.2, 0.25) is 10.0 Å². The van der Waals surface area contributed by atoms with E-state index >= 15 is 0 Å². The zero-order valence-electron chi connectivity index (χ0n) is 10.1. The molecule has 6 heteroatoms. The Morgan fingerprint density at radius 3 is 2.56 bits per heavy atom. The van der Waals surface area contributed by atoms with Gasteiger partial charge >= 0.3 is 0 Å². The Labute approximate surface area is 115 Å². The standard InChI is InChI=1S/C12H14BrNO3S/c1-10(15)6-5-9-14(2)18(16,17)12-8-4-3-7-11(12)13/h3-8H,9H2,1-2H3/b6-5+. The molecule has 0 aliphatic carbocycles. The van der Waals surface area contributed by atoms with Crippen molar-refractivity contribution < 1.29 is 13.2 Å². The number of ketones is 1. The highest BCUT2D eigenvalue weighted by molar-refractivity contribution is 9.10. The van der Waals surface area contributed by atoms with E-state index in [1.54, 1.807) is 18.2 Å². The summed E-state index contributed by atoms with van der Waals surface area (Å²) >= 11 is 3.21. The molecule has 1 rings (SSSR count). The van der Waals surface area contributed by atoms with Crippen LogP contribution in [0.25, 0.3) is 0 Å². The van der Waals surface area contributed by atoms with Crippen LogP contribution in [0.3, 0.4) is 0 Å². The summed E-state index contributed by atoms with van der Waals surface area (Å²) in [6, 6.07) is 6.62. The summed E-state index contributed by atoms with van der Waals surface area (Å²) in [5, 5.41) is 0. The van der Waals surface area contributed by atoms with Crippen LogP contribution in [0.15, 0.2) is 45.8 Å². The number of carbonyl (C=O) groups excluding carboxylic acids is 1. The Hall–Kier alpha value is -0.980. The van der Waals surface area contributed by atoms with Crippen LogP contribution in [0.4, 0.5) is 0 Å². The normalized spacial score (nSPS) is 12.2. The maximum Gasteiger partial charge on any atom is 0.244 e. The molecule has 0 aliphatic rings. The van der Waals surface area contributed by atoms with Crippen molar-refractivity contribution in [3.63, 3.8) is 0 Å². The number of benzene rings is 1. The number of carbonyl (C=O) groups is 1. The van der Waals surface area contributed by atoms with Crippen molar-refractivity contribution in [3.05, 3.63) is 40.9 Å². The lowest BCUT2D eigenvalue weighted by molar-refractivity contribution is -0.112. The molecule has 0 radical (unpaired) electrons. The third-order valence-electron chi connectivity index (χ3n) is 2.24. The van der Waals surface area contributed by atoms with Crippen molar-refractivity contribution in [3.8, 4) is 0 Å². The fourth-order valence-electron chi connectivity index (χ4n) is 1.29. The predicted octanol–water partition coefficient (Wildman–Crippen LogP) is 2.21. The van der Waals surface area contributed by atoms with Crippen LogP contribution in [-0.2, 0) is 14.8 Å². The van der Waals surface area contributed by atoms with Crippen LogP contribution in [0.2, 0.25) is 0 Å². The molecule has 18 heavy (non-hydrogen) atoms. The summed E-state index contributed by atoms with van der Waals surface area (Å²) in [6.07, 6.45) is 2.88. The van der Waals surface area contributed by atoms with Gasteiger partial charge in [0.05, 0.1) is 4.90 Å². The maximum atomic E-state index is 12.2. The molecule has 0 aliphatic heterocycles. The van der Waals surface area contributed by atoms with Gasteiger partial charge in [0, 0.05) is 18.1 Å². The van der Waals surface area contributed by atoms with Gasteiger partial charge in [0.25, 0.3) is 0 Å². The first-order valence-electron chi connectivity index (χ1n) is 5.23. The second-order valence-corrected chi connectivity index (χ2v) is 6.60. The van der Waals surface area contributed by atoms with E-state index in [0.29, 0.717) is 4.47 Å². The van der Waals surface area contributed by atoms with Gasteiger partial charge < -0.3 is 0 Å². The average Bonchev–Trinajstić information content (AvgIpc) is 2.28. The molecule has 0 aromatic heterocycles. The molecule has 0 spiro atoms. The van der Waals surface area contributed by atoms with E-state index < -0.39 is 10.0 Å². The molecule has 0 atom stereocenters. The number of hydrogen-bond donors (Lipinski definition) is 0. The van der Waals surface area contributed by atoms with Gasteiger partial charge in [-0.3, -0.25) is 4.79 Å². The third-order valence-corrected chi connectivity index (χ3v) is 5.08. The van der Waals surface area contributed by atoms with Gasteiger partial charge in [0.1, 0.15) is 0 Å². The second-order valence-electron chi connectivity index (χ2n) is 3.73. The highest BCUT2D eigenvalue weighted by Gasteiger charge is 2.21. The van der Waals surface area contributed by atoms with Gasteiger partial charge in [-0.05, 0) is 41.1 Å². The first-order chi connectivity index (χ1) is 8.35. The minimum Gasteiger partial charge on any atom is -0.295 e. The number of likely N-dealkylation sites (N-methyl/N-ethyl adjacent to an activating group) is 1. The number of hydrogen-bond acceptors (Lipinski definition) is 3. The quantitative estimate of drug-likeness (QED) is 0.777. The fourth-order valence-corrected chi connectivity index (χ4v) is 3.37. The smallest absolute Gasteiger partial charge is 0.244 e. The molecule has 0 unspecified atom stereocenters. The lowest BCUT2D eigenvalue weighted by Gasteiger charge is -2.16. The summed E-state index contributed by atoms with van der Waals surface area (Å²) in [5.74, 6) is -0.110. The van der Waals surface area contributed by atoms with Crippen molar-refractivity contribution >= 4 is 31.7 Å². The first-order valence-corrected chi connectivity index (χ1v) is 7.47. The molecule has 0 N–H and O–H groups in total. The van der Waals surface area contributed by atoms with Gasteiger partial charge in [0.15, 0.2) is 5.78 Å². The van der Waals surface area contributed by atoms with E-state index in [1.165, 1.54) is 36.5 Å². The lowest BCUT2D eigenvalue weighted by Crippen LogP contribution is -2.27. The van der Waals surface area contributed by atoms with Crippen LogP contribution in [-0.4, -0.2) is 32.1 Å². The van der Waals surface area contributed by atoms with Crippen molar-refractivity contribution in [2.45, 2.75) is 11.8 Å². The Morgan fingerprint density at radius 1 is 1.39 bits per heavy atom. The molecule has 1 aromatic rings. The Kier molecular flexibility index (Phi) is 5.25. The van der Waals surface area contributed by atoms with E-state index in [4.69, 9.17) is 0 Å². The van der Waals surface area contributed by atoms with E-state index in [2.05, 4.69) is 15.9 Å². The number of sulfonamides is 1. The lowest BCUT2D eigenvalue weighted by atomic mass is 10.4. The summed E-state index contributed by atoms with van der Waals surface area (Å²) in [5.41, 5.74) is 0. The molecule has 0 amide bonds. The Morgan fingerprint density at radius 2 is 2.00 bits per heavy atom. The van der Waals surface area contributed by atoms with Crippen LogP contribution in [0, 0.1) is 0 Å². The summed E-state index contributed by atoms with van der Waals surface area (Å²) in [7, 11) is -2.07. The minimum absolute atomic E-state index is 0.110. The molecule has 0 fully saturated rings. The van der Waals surface area contributed by atoms with E-state index in [0.717, 1.165) is 0 Å². The van der Waals surface area contributed by atoms with Crippen molar-refractivity contribution in [1.82, 2.24) is 4.31 Å².